The maximum Gasteiger partial charge on any atom is 0.0931 e. The van der Waals surface area contributed by atoms with Crippen molar-refractivity contribution in [3.8, 4) is 0 Å². The minimum absolute atomic E-state index is 0.0382. The number of nitrogens with one attached hydrogen (secondary N) is 1. The van der Waals surface area contributed by atoms with E-state index >= 15 is 0 Å². The highest BCUT2D eigenvalue weighted by Gasteiger charge is 2.14. The Labute approximate surface area is 95.0 Å². The molecule has 1 aromatic carbocycles. The van der Waals surface area contributed by atoms with E-state index in [2.05, 4.69) is 23.0 Å². The second-order valence-electron chi connectivity index (χ2n) is 4.26. The molecule has 0 aliphatic heterocycles. The monoisotopic (exact) mass is 218 g/mol. The van der Waals surface area contributed by atoms with Crippen molar-refractivity contribution in [2.24, 2.45) is 17.4 Å². The van der Waals surface area contributed by atoms with Gasteiger partial charge in [0.1, 0.15) is 0 Å². The van der Waals surface area contributed by atoms with Gasteiger partial charge in [-0.25, -0.2) is 4.98 Å². The number of benzene rings is 1. The van der Waals surface area contributed by atoms with Crippen molar-refractivity contribution in [3.63, 3.8) is 0 Å². The first-order valence-electron chi connectivity index (χ1n) is 5.61. The Kier molecular flexibility index (Phi) is 3.22. The van der Waals surface area contributed by atoms with E-state index in [9.17, 15) is 0 Å². The van der Waals surface area contributed by atoms with Gasteiger partial charge in [0.25, 0.3) is 0 Å². The molecule has 0 saturated heterocycles. The highest BCUT2D eigenvalue weighted by Crippen LogP contribution is 2.23. The number of aromatic amines is 1. The van der Waals surface area contributed by atoms with Crippen molar-refractivity contribution < 1.29 is 0 Å². The van der Waals surface area contributed by atoms with Gasteiger partial charge in [-0.3, -0.25) is 0 Å². The number of aromatic nitrogens is 2. The smallest absolute Gasteiger partial charge is 0.0931 e. The van der Waals surface area contributed by atoms with Gasteiger partial charge in [-0.05, 0) is 36.6 Å². The second kappa shape index (κ2) is 4.63. The topological polar surface area (TPSA) is 80.7 Å². The fourth-order valence-electron chi connectivity index (χ4n) is 1.93. The molecule has 2 atom stereocenters. The van der Waals surface area contributed by atoms with Crippen molar-refractivity contribution >= 4 is 11.0 Å². The van der Waals surface area contributed by atoms with E-state index in [1.807, 2.05) is 12.1 Å². The Hall–Kier alpha value is -1.39. The molecule has 16 heavy (non-hydrogen) atoms. The lowest BCUT2D eigenvalue weighted by Crippen LogP contribution is -2.21. The summed E-state index contributed by atoms with van der Waals surface area (Å²) in [5.41, 5.74) is 14.9. The van der Waals surface area contributed by atoms with Gasteiger partial charge in [0.15, 0.2) is 0 Å². The summed E-state index contributed by atoms with van der Waals surface area (Å²) in [7, 11) is 0. The highest BCUT2D eigenvalue weighted by molar-refractivity contribution is 5.75. The van der Waals surface area contributed by atoms with Crippen molar-refractivity contribution in [2.45, 2.75) is 19.4 Å². The van der Waals surface area contributed by atoms with E-state index in [4.69, 9.17) is 11.5 Å². The number of hydrogen-bond acceptors (Lipinski definition) is 3. The van der Waals surface area contributed by atoms with Gasteiger partial charge in [-0.15, -0.1) is 0 Å². The molecule has 2 rings (SSSR count). The van der Waals surface area contributed by atoms with Crippen LogP contribution in [0.3, 0.4) is 0 Å². The van der Waals surface area contributed by atoms with E-state index in [0.717, 1.165) is 23.0 Å². The number of rotatable bonds is 4. The van der Waals surface area contributed by atoms with Crippen LogP contribution in [0.4, 0.5) is 0 Å². The molecular weight excluding hydrogens is 200 g/mol. The third kappa shape index (κ3) is 2.08. The number of H-pyrrole nitrogens is 1. The van der Waals surface area contributed by atoms with Crippen LogP contribution in [-0.2, 0) is 0 Å². The average molecular weight is 218 g/mol. The highest BCUT2D eigenvalue weighted by atomic mass is 14.9. The van der Waals surface area contributed by atoms with Crippen LogP contribution in [0.5, 0.6) is 0 Å². The molecule has 1 aromatic heterocycles. The summed E-state index contributed by atoms with van der Waals surface area (Å²) in [6.45, 7) is 2.82. The van der Waals surface area contributed by atoms with Crippen LogP contribution >= 0.6 is 0 Å². The van der Waals surface area contributed by atoms with Gasteiger partial charge in [0.2, 0.25) is 0 Å². The summed E-state index contributed by atoms with van der Waals surface area (Å²) in [6.07, 6.45) is 2.64. The van der Waals surface area contributed by atoms with Gasteiger partial charge >= 0.3 is 0 Å². The van der Waals surface area contributed by atoms with Gasteiger partial charge in [-0.1, -0.05) is 13.0 Å². The maximum absolute atomic E-state index is 6.19. The van der Waals surface area contributed by atoms with Gasteiger partial charge in [-0.2, -0.15) is 0 Å². The Morgan fingerprint density at radius 3 is 3.00 bits per heavy atom. The molecule has 0 aliphatic carbocycles. The molecule has 0 spiro atoms. The molecule has 1 heterocycles. The van der Waals surface area contributed by atoms with Crippen molar-refractivity contribution in [1.82, 2.24) is 9.97 Å². The SMILES string of the molecule is CC(CCN)C(N)c1ccc2nc[nH]c2c1. The summed E-state index contributed by atoms with van der Waals surface area (Å²) in [4.78, 5) is 7.28. The molecule has 86 valence electrons. The first-order chi connectivity index (χ1) is 7.72. The molecule has 0 saturated carbocycles. The van der Waals surface area contributed by atoms with Gasteiger partial charge in [0.05, 0.1) is 17.4 Å². The zero-order valence-electron chi connectivity index (χ0n) is 9.48. The first kappa shape index (κ1) is 11.1. The van der Waals surface area contributed by atoms with E-state index in [-0.39, 0.29) is 6.04 Å². The van der Waals surface area contributed by atoms with E-state index in [0.29, 0.717) is 12.5 Å². The van der Waals surface area contributed by atoms with Crippen LogP contribution in [0, 0.1) is 5.92 Å². The molecule has 0 radical (unpaired) electrons. The summed E-state index contributed by atoms with van der Waals surface area (Å²) >= 11 is 0. The largest absolute Gasteiger partial charge is 0.345 e. The van der Waals surface area contributed by atoms with Crippen LogP contribution in [0.25, 0.3) is 11.0 Å². The lowest BCUT2D eigenvalue weighted by Gasteiger charge is -2.19. The molecule has 0 amide bonds. The summed E-state index contributed by atoms with van der Waals surface area (Å²) in [6, 6.07) is 6.15. The zero-order chi connectivity index (χ0) is 11.5. The second-order valence-corrected chi connectivity index (χ2v) is 4.26. The van der Waals surface area contributed by atoms with E-state index in [1.165, 1.54) is 0 Å². The lowest BCUT2D eigenvalue weighted by atomic mass is 9.92. The molecular formula is C12H18N4. The van der Waals surface area contributed by atoms with Crippen LogP contribution in [0.1, 0.15) is 24.9 Å². The summed E-state index contributed by atoms with van der Waals surface area (Å²) in [5, 5.41) is 0. The van der Waals surface area contributed by atoms with Crippen LogP contribution < -0.4 is 11.5 Å². The van der Waals surface area contributed by atoms with Crippen molar-refractivity contribution in [2.75, 3.05) is 6.54 Å². The number of nitrogens with zero attached hydrogens (tertiary/aromatic N) is 1. The molecule has 5 N–H and O–H groups in total. The number of nitrogens with two attached hydrogens (primary N) is 2. The fraction of sp³-hybridized carbons (Fsp3) is 0.417. The third-order valence-corrected chi connectivity index (χ3v) is 3.06. The molecule has 2 aromatic rings. The fourth-order valence-corrected chi connectivity index (χ4v) is 1.93. The zero-order valence-corrected chi connectivity index (χ0v) is 9.48. The first-order valence-corrected chi connectivity index (χ1v) is 5.61. The van der Waals surface area contributed by atoms with Gasteiger partial charge in [0, 0.05) is 6.04 Å². The van der Waals surface area contributed by atoms with Gasteiger partial charge < -0.3 is 16.5 Å². The number of imidazole rings is 1. The minimum Gasteiger partial charge on any atom is -0.345 e. The Bertz CT molecular complexity index is 463. The van der Waals surface area contributed by atoms with Crippen LogP contribution in [0.2, 0.25) is 0 Å². The molecule has 0 fully saturated rings. The summed E-state index contributed by atoms with van der Waals surface area (Å²) in [5.74, 6) is 0.394. The van der Waals surface area contributed by atoms with Crippen molar-refractivity contribution in [3.05, 3.63) is 30.1 Å². The predicted molar refractivity (Wildman–Crippen MR) is 65.9 cm³/mol. The normalized spacial score (nSPS) is 15.2. The molecule has 0 bridgehead atoms. The Morgan fingerprint density at radius 2 is 2.25 bits per heavy atom. The number of hydrogen-bond donors (Lipinski definition) is 3. The third-order valence-electron chi connectivity index (χ3n) is 3.06. The maximum atomic E-state index is 6.19. The Morgan fingerprint density at radius 1 is 1.44 bits per heavy atom. The van der Waals surface area contributed by atoms with Crippen LogP contribution in [0.15, 0.2) is 24.5 Å². The average Bonchev–Trinajstić information content (AvgIpc) is 2.75. The van der Waals surface area contributed by atoms with E-state index in [1.54, 1.807) is 6.33 Å². The molecule has 4 heteroatoms. The molecule has 4 nitrogen and oxygen atoms in total. The number of fused-ring (bicyclic) bond motifs is 1. The summed E-state index contributed by atoms with van der Waals surface area (Å²) < 4.78 is 0. The minimum atomic E-state index is 0.0382. The van der Waals surface area contributed by atoms with Crippen molar-refractivity contribution in [1.29, 1.82) is 0 Å². The molecule has 0 aliphatic rings. The standard InChI is InChI=1S/C12H18N4/c1-8(4-5-13)12(14)9-2-3-10-11(6-9)16-7-15-10/h2-3,6-8,12H,4-5,13-14H2,1H3,(H,15,16). The quantitative estimate of drug-likeness (QED) is 0.728. The molecule has 2 unspecified atom stereocenters. The Balaban J connectivity index is 2.24. The van der Waals surface area contributed by atoms with Crippen LogP contribution in [-0.4, -0.2) is 16.5 Å². The predicted octanol–water partition coefficient (Wildman–Crippen LogP) is 1.55. The lowest BCUT2D eigenvalue weighted by molar-refractivity contribution is 0.444. The van der Waals surface area contributed by atoms with E-state index < -0.39 is 0 Å².